The third-order valence-electron chi connectivity index (χ3n) is 4.75. The van der Waals surface area contributed by atoms with E-state index in [-0.39, 0.29) is 36.1 Å². The van der Waals surface area contributed by atoms with Crippen molar-refractivity contribution in [3.05, 3.63) is 58.2 Å². The van der Waals surface area contributed by atoms with Gasteiger partial charge in [0, 0.05) is 51.1 Å². The van der Waals surface area contributed by atoms with Gasteiger partial charge in [-0.3, -0.25) is 4.99 Å². The first-order chi connectivity index (χ1) is 13.6. The smallest absolute Gasteiger partial charge is 0.191 e. The number of methoxy groups -OCH3 is 1. The SMILES string of the molecule is CN=C(NCC(OC)c1cccc(Cl)c1)NC1CCN(c2ncccc2Cl)C1.I. The van der Waals surface area contributed by atoms with E-state index in [9.17, 15) is 0 Å². The number of benzene rings is 1. The molecule has 0 amide bonds. The highest BCUT2D eigenvalue weighted by Crippen LogP contribution is 2.25. The first-order valence-electron chi connectivity index (χ1n) is 9.21. The van der Waals surface area contributed by atoms with Crippen LogP contribution in [-0.4, -0.2) is 50.8 Å². The standard InChI is InChI=1S/C20H25Cl2N5O.HI/c1-23-20(25-12-18(28-2)14-5-3-6-15(21)11-14)26-16-8-10-27(13-16)19-17(22)7-4-9-24-19;/h3-7,9,11,16,18H,8,10,12-13H2,1-2H3,(H2,23,25,26);1H. The van der Waals surface area contributed by atoms with Crippen molar-refractivity contribution >= 4 is 59.0 Å². The third kappa shape index (κ3) is 6.60. The minimum Gasteiger partial charge on any atom is -0.375 e. The van der Waals surface area contributed by atoms with Crippen LogP contribution in [0.4, 0.5) is 5.82 Å². The molecule has 9 heteroatoms. The van der Waals surface area contributed by atoms with E-state index in [4.69, 9.17) is 27.9 Å². The minimum atomic E-state index is -0.121. The van der Waals surface area contributed by atoms with Crippen molar-refractivity contribution in [2.24, 2.45) is 4.99 Å². The summed E-state index contributed by atoms with van der Waals surface area (Å²) in [6, 6.07) is 11.7. The lowest BCUT2D eigenvalue weighted by molar-refractivity contribution is 0.106. The third-order valence-corrected chi connectivity index (χ3v) is 5.28. The summed E-state index contributed by atoms with van der Waals surface area (Å²) in [4.78, 5) is 10.9. The highest BCUT2D eigenvalue weighted by Gasteiger charge is 2.25. The van der Waals surface area contributed by atoms with Gasteiger partial charge in [0.2, 0.25) is 0 Å². The Morgan fingerprint density at radius 1 is 1.34 bits per heavy atom. The molecule has 2 atom stereocenters. The van der Waals surface area contributed by atoms with E-state index in [0.717, 1.165) is 36.9 Å². The van der Waals surface area contributed by atoms with E-state index >= 15 is 0 Å². The number of aromatic nitrogens is 1. The molecule has 0 radical (unpaired) electrons. The molecule has 1 saturated heterocycles. The fourth-order valence-corrected chi connectivity index (χ4v) is 3.74. The molecule has 1 fully saturated rings. The maximum atomic E-state index is 6.27. The van der Waals surface area contributed by atoms with Crippen molar-refractivity contribution in [1.29, 1.82) is 0 Å². The molecule has 158 valence electrons. The van der Waals surface area contributed by atoms with Crippen molar-refractivity contribution in [3.8, 4) is 0 Å². The number of aliphatic imine (C=N–C) groups is 1. The molecule has 0 spiro atoms. The van der Waals surface area contributed by atoms with E-state index in [2.05, 4.69) is 25.5 Å². The molecule has 1 aliphatic heterocycles. The molecule has 0 aliphatic carbocycles. The van der Waals surface area contributed by atoms with Gasteiger partial charge >= 0.3 is 0 Å². The van der Waals surface area contributed by atoms with Gasteiger partial charge in [0.15, 0.2) is 5.96 Å². The first-order valence-corrected chi connectivity index (χ1v) is 9.97. The van der Waals surface area contributed by atoms with Crippen LogP contribution in [0.15, 0.2) is 47.6 Å². The van der Waals surface area contributed by atoms with Crippen LogP contribution in [0.3, 0.4) is 0 Å². The summed E-state index contributed by atoms with van der Waals surface area (Å²) in [6.45, 7) is 2.30. The zero-order valence-electron chi connectivity index (χ0n) is 16.4. The molecule has 2 N–H and O–H groups in total. The second kappa shape index (κ2) is 11.8. The van der Waals surface area contributed by atoms with Crippen LogP contribution in [0.25, 0.3) is 0 Å². The Bertz CT molecular complexity index is 823. The average molecular weight is 550 g/mol. The number of guanidine groups is 1. The largest absolute Gasteiger partial charge is 0.375 e. The molecule has 1 aliphatic rings. The van der Waals surface area contributed by atoms with Gasteiger partial charge in [-0.1, -0.05) is 35.3 Å². The Kier molecular flexibility index (Phi) is 9.74. The number of ether oxygens (including phenoxy) is 1. The number of halogens is 3. The Morgan fingerprint density at radius 2 is 2.17 bits per heavy atom. The van der Waals surface area contributed by atoms with Crippen LogP contribution in [0.2, 0.25) is 10.0 Å². The van der Waals surface area contributed by atoms with Gasteiger partial charge < -0.3 is 20.3 Å². The fourth-order valence-electron chi connectivity index (χ4n) is 3.30. The Hall–Kier alpha value is -1.29. The van der Waals surface area contributed by atoms with Gasteiger partial charge in [-0.05, 0) is 36.2 Å². The lowest BCUT2D eigenvalue weighted by Crippen LogP contribution is -2.45. The summed E-state index contributed by atoms with van der Waals surface area (Å²) in [5, 5.41) is 8.19. The summed E-state index contributed by atoms with van der Waals surface area (Å²) in [7, 11) is 3.45. The van der Waals surface area contributed by atoms with Crippen LogP contribution in [-0.2, 0) is 4.74 Å². The second-order valence-electron chi connectivity index (χ2n) is 6.62. The van der Waals surface area contributed by atoms with Gasteiger partial charge in [-0.15, -0.1) is 24.0 Å². The maximum absolute atomic E-state index is 6.27. The van der Waals surface area contributed by atoms with Crippen LogP contribution >= 0.6 is 47.2 Å². The molecular formula is C20H26Cl2IN5O. The second-order valence-corrected chi connectivity index (χ2v) is 7.46. The lowest BCUT2D eigenvalue weighted by Gasteiger charge is -2.22. The van der Waals surface area contributed by atoms with Crippen LogP contribution in [0.1, 0.15) is 18.1 Å². The van der Waals surface area contributed by atoms with E-state index in [1.54, 1.807) is 20.4 Å². The van der Waals surface area contributed by atoms with Gasteiger partial charge in [0.05, 0.1) is 11.1 Å². The Morgan fingerprint density at radius 3 is 2.86 bits per heavy atom. The van der Waals surface area contributed by atoms with E-state index in [1.807, 2.05) is 36.4 Å². The molecule has 2 unspecified atom stereocenters. The molecule has 1 aromatic carbocycles. The molecule has 0 bridgehead atoms. The van der Waals surface area contributed by atoms with Crippen molar-refractivity contribution in [2.75, 3.05) is 38.7 Å². The van der Waals surface area contributed by atoms with Crippen molar-refractivity contribution < 1.29 is 4.74 Å². The number of anilines is 1. The molecule has 0 saturated carbocycles. The fraction of sp³-hybridized carbons (Fsp3) is 0.400. The van der Waals surface area contributed by atoms with Gasteiger partial charge in [-0.25, -0.2) is 4.98 Å². The first kappa shape index (κ1) is 24.0. The number of pyridine rings is 1. The molecule has 3 rings (SSSR count). The Labute approximate surface area is 199 Å². The minimum absolute atomic E-state index is 0. The Balaban J connectivity index is 0.00000300. The van der Waals surface area contributed by atoms with Gasteiger partial charge in [0.1, 0.15) is 5.82 Å². The van der Waals surface area contributed by atoms with Crippen molar-refractivity contribution in [3.63, 3.8) is 0 Å². The summed E-state index contributed by atoms with van der Waals surface area (Å²) < 4.78 is 5.61. The summed E-state index contributed by atoms with van der Waals surface area (Å²) in [6.07, 6.45) is 2.63. The van der Waals surface area contributed by atoms with E-state index < -0.39 is 0 Å². The summed E-state index contributed by atoms with van der Waals surface area (Å²) >= 11 is 12.4. The number of rotatable bonds is 6. The molecule has 6 nitrogen and oxygen atoms in total. The van der Waals surface area contributed by atoms with Gasteiger partial charge in [-0.2, -0.15) is 0 Å². The zero-order valence-corrected chi connectivity index (χ0v) is 20.3. The molecule has 29 heavy (non-hydrogen) atoms. The van der Waals surface area contributed by atoms with E-state index in [0.29, 0.717) is 16.6 Å². The summed E-state index contributed by atoms with van der Waals surface area (Å²) in [5.41, 5.74) is 1.02. The average Bonchev–Trinajstić information content (AvgIpc) is 3.16. The number of nitrogens with one attached hydrogen (secondary N) is 2. The van der Waals surface area contributed by atoms with Crippen molar-refractivity contribution in [1.82, 2.24) is 15.6 Å². The normalized spacial score (nSPS) is 17.6. The van der Waals surface area contributed by atoms with Crippen LogP contribution < -0.4 is 15.5 Å². The van der Waals surface area contributed by atoms with Crippen LogP contribution in [0, 0.1) is 0 Å². The highest BCUT2D eigenvalue weighted by atomic mass is 127. The topological polar surface area (TPSA) is 61.8 Å². The molecular weight excluding hydrogens is 524 g/mol. The summed E-state index contributed by atoms with van der Waals surface area (Å²) in [5.74, 6) is 1.57. The quantitative estimate of drug-likeness (QED) is 0.322. The van der Waals surface area contributed by atoms with Crippen molar-refractivity contribution in [2.45, 2.75) is 18.6 Å². The maximum Gasteiger partial charge on any atom is 0.191 e. The highest BCUT2D eigenvalue weighted by molar-refractivity contribution is 14.0. The van der Waals surface area contributed by atoms with E-state index in [1.165, 1.54) is 0 Å². The molecule has 2 aromatic rings. The molecule has 1 aromatic heterocycles. The lowest BCUT2D eigenvalue weighted by atomic mass is 10.1. The molecule has 2 heterocycles. The monoisotopic (exact) mass is 549 g/mol. The predicted octanol–water partition coefficient (Wildman–Crippen LogP) is 4.14. The predicted molar refractivity (Wildman–Crippen MR) is 131 cm³/mol. The number of hydrogen-bond donors (Lipinski definition) is 2. The zero-order chi connectivity index (χ0) is 19.9. The number of hydrogen-bond acceptors (Lipinski definition) is 4. The van der Waals surface area contributed by atoms with Crippen LogP contribution in [0.5, 0.6) is 0 Å². The number of nitrogens with zero attached hydrogens (tertiary/aromatic N) is 3. The van der Waals surface area contributed by atoms with Gasteiger partial charge in [0.25, 0.3) is 0 Å².